The van der Waals surface area contributed by atoms with Gasteiger partial charge in [-0.05, 0) is 30.7 Å². The second-order valence-electron chi connectivity index (χ2n) is 4.45. The molecule has 2 amide bonds. The zero-order chi connectivity index (χ0) is 14.4. The Balaban J connectivity index is 1.76. The van der Waals surface area contributed by atoms with Crippen molar-refractivity contribution in [1.29, 1.82) is 0 Å². The van der Waals surface area contributed by atoms with E-state index in [1.165, 1.54) is 0 Å². The van der Waals surface area contributed by atoms with Crippen molar-refractivity contribution in [2.45, 2.75) is 19.6 Å². The predicted octanol–water partition coefficient (Wildman–Crippen LogP) is 1.76. The summed E-state index contributed by atoms with van der Waals surface area (Å²) in [5, 5.41) is 18.9. The summed E-state index contributed by atoms with van der Waals surface area (Å²) < 4.78 is 1.75. The first-order valence-corrected chi connectivity index (χ1v) is 6.45. The summed E-state index contributed by atoms with van der Waals surface area (Å²) in [6, 6.07) is 8.66. The Morgan fingerprint density at radius 1 is 1.40 bits per heavy atom. The van der Waals surface area contributed by atoms with Gasteiger partial charge in [0.1, 0.15) is 0 Å². The molecule has 0 bridgehead atoms. The molecule has 0 aliphatic rings. The standard InChI is InChI=1S/C14H18N4O2/c1-11(19)12-3-5-13(6-4-12)17-14(20)15-8-10-18-9-2-7-16-18/h2-7,9,11,19H,8,10H2,1H3,(H2,15,17,20). The number of urea groups is 1. The summed E-state index contributed by atoms with van der Waals surface area (Å²) in [6.45, 7) is 2.82. The Bertz CT molecular complexity index is 535. The Morgan fingerprint density at radius 2 is 2.15 bits per heavy atom. The van der Waals surface area contributed by atoms with Crippen LogP contribution in [0, 0.1) is 0 Å². The molecule has 0 saturated carbocycles. The predicted molar refractivity (Wildman–Crippen MR) is 76.3 cm³/mol. The second kappa shape index (κ2) is 6.72. The minimum Gasteiger partial charge on any atom is -0.389 e. The minimum atomic E-state index is -0.507. The van der Waals surface area contributed by atoms with E-state index in [0.717, 1.165) is 5.56 Å². The number of amides is 2. The fourth-order valence-electron chi connectivity index (χ4n) is 1.74. The van der Waals surface area contributed by atoms with Crippen molar-refractivity contribution in [2.75, 3.05) is 11.9 Å². The average Bonchev–Trinajstić information content (AvgIpc) is 2.92. The first kappa shape index (κ1) is 14.1. The number of carbonyl (C=O) groups is 1. The molecule has 1 aromatic carbocycles. The van der Waals surface area contributed by atoms with Gasteiger partial charge in [-0.25, -0.2) is 4.79 Å². The molecule has 6 heteroatoms. The van der Waals surface area contributed by atoms with Crippen LogP contribution in [0.15, 0.2) is 42.7 Å². The molecule has 0 fully saturated rings. The summed E-state index contributed by atoms with van der Waals surface area (Å²) >= 11 is 0. The third kappa shape index (κ3) is 4.10. The molecular weight excluding hydrogens is 256 g/mol. The van der Waals surface area contributed by atoms with Crippen LogP contribution in [-0.2, 0) is 6.54 Å². The van der Waals surface area contributed by atoms with E-state index in [0.29, 0.717) is 18.8 Å². The topological polar surface area (TPSA) is 79.2 Å². The lowest BCUT2D eigenvalue weighted by atomic mass is 10.1. The molecule has 1 unspecified atom stereocenters. The number of carbonyl (C=O) groups excluding carboxylic acids is 1. The number of benzene rings is 1. The van der Waals surface area contributed by atoms with Crippen LogP contribution in [0.5, 0.6) is 0 Å². The van der Waals surface area contributed by atoms with Crippen molar-refractivity contribution < 1.29 is 9.90 Å². The fourth-order valence-corrected chi connectivity index (χ4v) is 1.74. The van der Waals surface area contributed by atoms with Gasteiger partial charge in [0.05, 0.1) is 12.6 Å². The van der Waals surface area contributed by atoms with Crippen molar-refractivity contribution >= 4 is 11.7 Å². The highest BCUT2D eigenvalue weighted by Gasteiger charge is 2.03. The third-order valence-electron chi connectivity index (χ3n) is 2.84. The van der Waals surface area contributed by atoms with Crippen LogP contribution >= 0.6 is 0 Å². The van der Waals surface area contributed by atoms with E-state index in [-0.39, 0.29) is 6.03 Å². The van der Waals surface area contributed by atoms with Crippen LogP contribution in [0.3, 0.4) is 0 Å². The summed E-state index contributed by atoms with van der Waals surface area (Å²) in [5.74, 6) is 0. The first-order chi connectivity index (χ1) is 9.65. The zero-order valence-corrected chi connectivity index (χ0v) is 11.3. The highest BCUT2D eigenvalue weighted by atomic mass is 16.3. The quantitative estimate of drug-likeness (QED) is 0.777. The summed E-state index contributed by atoms with van der Waals surface area (Å²) in [6.07, 6.45) is 3.03. The van der Waals surface area contributed by atoms with Crippen molar-refractivity contribution in [3.63, 3.8) is 0 Å². The maximum absolute atomic E-state index is 11.7. The molecule has 2 rings (SSSR count). The van der Waals surface area contributed by atoms with Gasteiger partial charge in [-0.2, -0.15) is 5.10 Å². The zero-order valence-electron chi connectivity index (χ0n) is 11.3. The van der Waals surface area contributed by atoms with E-state index in [1.807, 2.05) is 12.3 Å². The van der Waals surface area contributed by atoms with Gasteiger partial charge in [0.15, 0.2) is 0 Å². The Labute approximate surface area is 117 Å². The Morgan fingerprint density at radius 3 is 2.75 bits per heavy atom. The smallest absolute Gasteiger partial charge is 0.319 e. The molecule has 0 spiro atoms. The lowest BCUT2D eigenvalue weighted by Crippen LogP contribution is -2.31. The highest BCUT2D eigenvalue weighted by Crippen LogP contribution is 2.15. The van der Waals surface area contributed by atoms with E-state index in [4.69, 9.17) is 0 Å². The van der Waals surface area contributed by atoms with Gasteiger partial charge in [-0.15, -0.1) is 0 Å². The Kier molecular flexibility index (Phi) is 4.73. The molecule has 20 heavy (non-hydrogen) atoms. The number of aromatic nitrogens is 2. The number of rotatable bonds is 5. The van der Waals surface area contributed by atoms with Gasteiger partial charge in [0.2, 0.25) is 0 Å². The molecule has 106 valence electrons. The van der Waals surface area contributed by atoms with Crippen LogP contribution in [0.25, 0.3) is 0 Å². The summed E-state index contributed by atoms with van der Waals surface area (Å²) in [7, 11) is 0. The third-order valence-corrected chi connectivity index (χ3v) is 2.84. The first-order valence-electron chi connectivity index (χ1n) is 6.45. The molecule has 0 saturated heterocycles. The molecule has 0 radical (unpaired) electrons. The van der Waals surface area contributed by atoms with Gasteiger partial charge < -0.3 is 15.7 Å². The van der Waals surface area contributed by atoms with Crippen LogP contribution in [-0.4, -0.2) is 27.5 Å². The van der Waals surface area contributed by atoms with Crippen LogP contribution in [0.2, 0.25) is 0 Å². The van der Waals surface area contributed by atoms with Gasteiger partial charge in [0.25, 0.3) is 0 Å². The van der Waals surface area contributed by atoms with Gasteiger partial charge >= 0.3 is 6.03 Å². The van der Waals surface area contributed by atoms with E-state index in [2.05, 4.69) is 15.7 Å². The lowest BCUT2D eigenvalue weighted by molar-refractivity contribution is 0.199. The van der Waals surface area contributed by atoms with Crippen LogP contribution in [0.4, 0.5) is 10.5 Å². The van der Waals surface area contributed by atoms with E-state index >= 15 is 0 Å². The fraction of sp³-hybridized carbons (Fsp3) is 0.286. The average molecular weight is 274 g/mol. The van der Waals surface area contributed by atoms with Crippen molar-refractivity contribution in [1.82, 2.24) is 15.1 Å². The van der Waals surface area contributed by atoms with Crippen molar-refractivity contribution in [3.8, 4) is 0 Å². The summed E-state index contributed by atoms with van der Waals surface area (Å²) in [4.78, 5) is 11.7. The number of aliphatic hydroxyl groups is 1. The van der Waals surface area contributed by atoms with Gasteiger partial charge in [-0.3, -0.25) is 4.68 Å². The molecule has 1 atom stereocenters. The van der Waals surface area contributed by atoms with Gasteiger partial charge in [-0.1, -0.05) is 12.1 Å². The molecule has 1 aromatic heterocycles. The number of nitrogens with zero attached hydrogens (tertiary/aromatic N) is 2. The van der Waals surface area contributed by atoms with Crippen LogP contribution in [0.1, 0.15) is 18.6 Å². The second-order valence-corrected chi connectivity index (χ2v) is 4.45. The molecule has 0 aliphatic carbocycles. The monoisotopic (exact) mass is 274 g/mol. The molecule has 0 aliphatic heterocycles. The molecule has 6 nitrogen and oxygen atoms in total. The number of anilines is 1. The molecule has 2 aromatic rings. The van der Waals surface area contributed by atoms with Gasteiger partial charge in [0, 0.05) is 24.6 Å². The van der Waals surface area contributed by atoms with Crippen molar-refractivity contribution in [2.24, 2.45) is 0 Å². The number of hydrogen-bond acceptors (Lipinski definition) is 3. The maximum Gasteiger partial charge on any atom is 0.319 e. The van der Waals surface area contributed by atoms with Crippen LogP contribution < -0.4 is 10.6 Å². The molecule has 3 N–H and O–H groups in total. The molecule has 1 heterocycles. The largest absolute Gasteiger partial charge is 0.389 e. The van der Waals surface area contributed by atoms with E-state index < -0.39 is 6.10 Å². The highest BCUT2D eigenvalue weighted by molar-refractivity contribution is 5.89. The lowest BCUT2D eigenvalue weighted by Gasteiger charge is -2.09. The minimum absolute atomic E-state index is 0.262. The number of hydrogen-bond donors (Lipinski definition) is 3. The normalized spacial score (nSPS) is 11.9. The number of aliphatic hydroxyl groups excluding tert-OH is 1. The van der Waals surface area contributed by atoms with Crippen molar-refractivity contribution in [3.05, 3.63) is 48.3 Å². The Hall–Kier alpha value is -2.34. The SMILES string of the molecule is CC(O)c1ccc(NC(=O)NCCn2cccn2)cc1. The number of nitrogens with one attached hydrogen (secondary N) is 2. The van der Waals surface area contributed by atoms with E-state index in [1.54, 1.807) is 42.1 Å². The van der Waals surface area contributed by atoms with E-state index in [9.17, 15) is 9.90 Å². The molecular formula is C14H18N4O2. The summed E-state index contributed by atoms with van der Waals surface area (Å²) in [5.41, 5.74) is 1.50. The maximum atomic E-state index is 11.7.